The molecule has 3 rings (SSSR count). The summed E-state index contributed by atoms with van der Waals surface area (Å²) in [5.41, 5.74) is 4.35. The highest BCUT2D eigenvalue weighted by Crippen LogP contribution is 2.28. The maximum atomic E-state index is 12.0. The van der Waals surface area contributed by atoms with Crippen molar-refractivity contribution < 1.29 is 14.3 Å². The van der Waals surface area contributed by atoms with E-state index in [0.717, 1.165) is 20.5 Å². The number of hydrogen-bond acceptors (Lipinski definition) is 5. The van der Waals surface area contributed by atoms with E-state index in [4.69, 9.17) is 21.1 Å². The first-order valence-electron chi connectivity index (χ1n) is 9.29. The highest BCUT2D eigenvalue weighted by atomic mass is 79.9. The number of ether oxygens (including phenoxy) is 2. The molecule has 0 saturated heterocycles. The number of carbonyl (C=O) groups excluding carboxylic acids is 1. The van der Waals surface area contributed by atoms with Crippen LogP contribution >= 0.6 is 39.3 Å². The fourth-order valence-electron chi connectivity index (χ4n) is 2.52. The molecule has 0 saturated carbocycles. The van der Waals surface area contributed by atoms with E-state index in [0.29, 0.717) is 23.1 Å². The van der Waals surface area contributed by atoms with Crippen LogP contribution in [0.2, 0.25) is 5.02 Å². The molecule has 3 aromatic rings. The maximum Gasteiger partial charge on any atom is 0.250 e. The Morgan fingerprint density at radius 3 is 2.55 bits per heavy atom. The maximum absolute atomic E-state index is 12.0. The summed E-state index contributed by atoms with van der Waals surface area (Å²) in [4.78, 5) is 12.9. The van der Waals surface area contributed by atoms with Crippen LogP contribution in [-0.4, -0.2) is 25.0 Å². The van der Waals surface area contributed by atoms with Gasteiger partial charge >= 0.3 is 0 Å². The largest absolute Gasteiger partial charge is 0.493 e. The van der Waals surface area contributed by atoms with Crippen LogP contribution in [-0.2, 0) is 11.4 Å². The van der Waals surface area contributed by atoms with E-state index in [2.05, 4.69) is 26.5 Å². The zero-order chi connectivity index (χ0) is 22.1. The third kappa shape index (κ3) is 7.61. The van der Waals surface area contributed by atoms with Crippen molar-refractivity contribution in [1.29, 1.82) is 0 Å². The number of carbonyl (C=O) groups is 1. The van der Waals surface area contributed by atoms with Crippen molar-refractivity contribution in [2.45, 2.75) is 11.5 Å². The minimum Gasteiger partial charge on any atom is -0.493 e. The first kappa shape index (κ1) is 23.2. The van der Waals surface area contributed by atoms with Crippen LogP contribution < -0.4 is 14.9 Å². The Morgan fingerprint density at radius 1 is 1.10 bits per heavy atom. The second-order valence-electron chi connectivity index (χ2n) is 6.36. The van der Waals surface area contributed by atoms with Crippen molar-refractivity contribution in [2.24, 2.45) is 5.10 Å². The van der Waals surface area contributed by atoms with Crippen LogP contribution in [0.25, 0.3) is 0 Å². The Labute approximate surface area is 198 Å². The van der Waals surface area contributed by atoms with E-state index >= 15 is 0 Å². The van der Waals surface area contributed by atoms with Gasteiger partial charge in [-0.05, 0) is 65.7 Å². The third-order valence-electron chi connectivity index (χ3n) is 4.08. The van der Waals surface area contributed by atoms with Gasteiger partial charge in [0.1, 0.15) is 6.61 Å². The lowest BCUT2D eigenvalue weighted by Gasteiger charge is -2.11. The first-order valence-corrected chi connectivity index (χ1v) is 11.4. The van der Waals surface area contributed by atoms with Gasteiger partial charge in [-0.2, -0.15) is 5.10 Å². The quantitative estimate of drug-likeness (QED) is 0.216. The average Bonchev–Trinajstić information content (AvgIpc) is 2.78. The molecule has 0 fully saturated rings. The number of methoxy groups -OCH3 is 1. The Hall–Kier alpha value is -2.48. The third-order valence-corrected chi connectivity index (χ3v) is 5.87. The summed E-state index contributed by atoms with van der Waals surface area (Å²) < 4.78 is 12.3. The highest BCUT2D eigenvalue weighted by Gasteiger charge is 2.06. The van der Waals surface area contributed by atoms with Crippen molar-refractivity contribution in [3.05, 3.63) is 87.4 Å². The Kier molecular flexibility index (Phi) is 8.82. The SMILES string of the molecule is COc1cc(/C=N/NC(=O)CSc2ccc(Cl)cc2)ccc1OCc1ccc(Br)cc1. The van der Waals surface area contributed by atoms with E-state index in [1.807, 2.05) is 48.5 Å². The number of hydrazone groups is 1. The molecule has 5 nitrogen and oxygen atoms in total. The smallest absolute Gasteiger partial charge is 0.250 e. The van der Waals surface area contributed by atoms with Gasteiger partial charge in [0.25, 0.3) is 0 Å². The summed E-state index contributed by atoms with van der Waals surface area (Å²) in [5.74, 6) is 1.28. The highest BCUT2D eigenvalue weighted by molar-refractivity contribution is 9.10. The van der Waals surface area contributed by atoms with Crippen molar-refractivity contribution in [1.82, 2.24) is 5.43 Å². The number of nitrogens with zero attached hydrogens (tertiary/aromatic N) is 1. The summed E-state index contributed by atoms with van der Waals surface area (Å²) in [6, 6.07) is 20.7. The molecule has 0 aliphatic carbocycles. The molecule has 0 aromatic heterocycles. The molecule has 0 unspecified atom stereocenters. The molecule has 3 aromatic carbocycles. The van der Waals surface area contributed by atoms with Crippen LogP contribution in [0.4, 0.5) is 0 Å². The molecule has 0 aliphatic rings. The van der Waals surface area contributed by atoms with Crippen LogP contribution in [0.15, 0.2) is 81.2 Å². The van der Waals surface area contributed by atoms with Crippen molar-refractivity contribution in [3.8, 4) is 11.5 Å². The lowest BCUT2D eigenvalue weighted by Crippen LogP contribution is -2.19. The molecule has 1 N–H and O–H groups in total. The molecule has 0 aliphatic heterocycles. The first-order chi connectivity index (χ1) is 15.0. The second kappa shape index (κ2) is 11.8. The molecule has 0 heterocycles. The second-order valence-corrected chi connectivity index (χ2v) is 8.76. The molecule has 0 radical (unpaired) electrons. The predicted octanol–water partition coefficient (Wildman–Crippen LogP) is 5.93. The van der Waals surface area contributed by atoms with Gasteiger partial charge < -0.3 is 9.47 Å². The van der Waals surface area contributed by atoms with E-state index in [-0.39, 0.29) is 11.7 Å². The lowest BCUT2D eigenvalue weighted by molar-refractivity contribution is -0.118. The Morgan fingerprint density at radius 2 is 1.84 bits per heavy atom. The van der Waals surface area contributed by atoms with Gasteiger partial charge in [0.05, 0.1) is 19.1 Å². The Bertz CT molecular complexity index is 1040. The van der Waals surface area contributed by atoms with Crippen LogP contribution in [0.1, 0.15) is 11.1 Å². The van der Waals surface area contributed by atoms with Gasteiger partial charge in [0.15, 0.2) is 11.5 Å². The molecule has 0 bridgehead atoms. The topological polar surface area (TPSA) is 59.9 Å². The average molecular weight is 520 g/mol. The number of nitrogens with one attached hydrogen (secondary N) is 1. The molecular formula is C23H20BrClN2O3S. The number of halogens is 2. The van der Waals surface area contributed by atoms with Crippen LogP contribution in [0, 0.1) is 0 Å². The van der Waals surface area contributed by atoms with Crippen molar-refractivity contribution in [2.75, 3.05) is 12.9 Å². The number of amides is 1. The summed E-state index contributed by atoms with van der Waals surface area (Å²) in [6.45, 7) is 0.429. The normalized spacial score (nSPS) is 10.8. The van der Waals surface area contributed by atoms with Gasteiger partial charge in [-0.25, -0.2) is 5.43 Å². The molecule has 0 atom stereocenters. The Balaban J connectivity index is 1.51. The molecule has 1 amide bonds. The van der Waals surface area contributed by atoms with E-state index in [9.17, 15) is 4.79 Å². The molecule has 160 valence electrons. The number of rotatable bonds is 9. The van der Waals surface area contributed by atoms with Crippen molar-refractivity contribution in [3.63, 3.8) is 0 Å². The van der Waals surface area contributed by atoms with E-state index in [1.165, 1.54) is 11.8 Å². The standard InChI is InChI=1S/C23H20BrClN2O3S/c1-29-22-12-17(4-11-21(22)30-14-16-2-5-18(24)6-3-16)13-26-27-23(28)15-31-20-9-7-19(25)8-10-20/h2-13H,14-15H2,1H3,(H,27,28)/b26-13+. The molecule has 0 spiro atoms. The fourth-order valence-corrected chi connectivity index (χ4v) is 3.60. The zero-order valence-corrected chi connectivity index (χ0v) is 19.8. The molecular weight excluding hydrogens is 500 g/mol. The van der Waals surface area contributed by atoms with Gasteiger partial charge in [0.2, 0.25) is 5.91 Å². The number of benzene rings is 3. The van der Waals surface area contributed by atoms with Crippen molar-refractivity contribution >= 4 is 51.4 Å². The monoisotopic (exact) mass is 518 g/mol. The summed E-state index contributed by atoms with van der Waals surface area (Å²) >= 11 is 10.7. The zero-order valence-electron chi connectivity index (χ0n) is 16.7. The fraction of sp³-hybridized carbons (Fsp3) is 0.130. The minimum absolute atomic E-state index is 0.197. The molecule has 8 heteroatoms. The number of thioether (sulfide) groups is 1. The molecule has 31 heavy (non-hydrogen) atoms. The summed E-state index contributed by atoms with van der Waals surface area (Å²) in [7, 11) is 1.58. The van der Waals surface area contributed by atoms with Gasteiger partial charge in [-0.15, -0.1) is 11.8 Å². The lowest BCUT2D eigenvalue weighted by atomic mass is 10.2. The summed E-state index contributed by atoms with van der Waals surface area (Å²) in [5, 5.41) is 4.68. The van der Waals surface area contributed by atoms with Gasteiger partial charge in [-0.3, -0.25) is 4.79 Å². The summed E-state index contributed by atoms with van der Waals surface area (Å²) in [6.07, 6.45) is 1.56. The van der Waals surface area contributed by atoms with E-state index in [1.54, 1.807) is 31.5 Å². The minimum atomic E-state index is -0.197. The van der Waals surface area contributed by atoms with Crippen LogP contribution in [0.3, 0.4) is 0 Å². The van der Waals surface area contributed by atoms with Gasteiger partial charge in [-0.1, -0.05) is 39.7 Å². The van der Waals surface area contributed by atoms with Gasteiger partial charge in [0, 0.05) is 14.4 Å². The van der Waals surface area contributed by atoms with Crippen LogP contribution in [0.5, 0.6) is 11.5 Å². The van der Waals surface area contributed by atoms with E-state index < -0.39 is 0 Å². The number of hydrogen-bond donors (Lipinski definition) is 1. The predicted molar refractivity (Wildman–Crippen MR) is 129 cm³/mol.